The summed E-state index contributed by atoms with van der Waals surface area (Å²) >= 11 is 6.44. The first-order chi connectivity index (χ1) is 8.83. The van der Waals surface area contributed by atoms with E-state index in [0.717, 1.165) is 67.1 Å². The van der Waals surface area contributed by atoms with Gasteiger partial charge < -0.3 is 9.47 Å². The Hall–Kier alpha value is -0.970. The molecule has 98 valence electrons. The summed E-state index contributed by atoms with van der Waals surface area (Å²) < 4.78 is 11.5. The van der Waals surface area contributed by atoms with Crippen LogP contribution in [0.2, 0.25) is 5.02 Å². The van der Waals surface area contributed by atoms with Crippen LogP contribution < -0.4 is 15.4 Å². The SMILES string of the molecule is NOCc1c2c(c(Cl)c3c1OCCC3)OCCC2. The van der Waals surface area contributed by atoms with Crippen molar-refractivity contribution in [3.8, 4) is 11.5 Å². The van der Waals surface area contributed by atoms with Gasteiger partial charge in [-0.25, -0.2) is 5.90 Å². The summed E-state index contributed by atoms with van der Waals surface area (Å²) in [4.78, 5) is 4.82. The summed E-state index contributed by atoms with van der Waals surface area (Å²) in [5.41, 5.74) is 3.14. The van der Waals surface area contributed by atoms with Crippen LogP contribution in [0.3, 0.4) is 0 Å². The molecule has 0 aliphatic carbocycles. The average molecular weight is 270 g/mol. The van der Waals surface area contributed by atoms with Crippen molar-refractivity contribution >= 4 is 11.6 Å². The van der Waals surface area contributed by atoms with Gasteiger partial charge in [0, 0.05) is 16.7 Å². The number of rotatable bonds is 2. The number of nitrogens with two attached hydrogens (primary N) is 1. The molecule has 5 heteroatoms. The third-order valence-electron chi connectivity index (χ3n) is 3.51. The smallest absolute Gasteiger partial charge is 0.141 e. The zero-order chi connectivity index (χ0) is 12.5. The highest BCUT2D eigenvalue weighted by Gasteiger charge is 2.28. The van der Waals surface area contributed by atoms with E-state index in [-0.39, 0.29) is 0 Å². The Balaban J connectivity index is 2.20. The Kier molecular flexibility index (Phi) is 3.33. The number of hydrogen-bond donors (Lipinski definition) is 1. The predicted molar refractivity (Wildman–Crippen MR) is 68.1 cm³/mol. The molecule has 0 spiro atoms. The number of fused-ring (bicyclic) bond motifs is 2. The Morgan fingerprint density at radius 1 is 1.06 bits per heavy atom. The van der Waals surface area contributed by atoms with Crippen LogP contribution in [0, 0.1) is 0 Å². The minimum absolute atomic E-state index is 0.338. The molecule has 0 atom stereocenters. The Bertz CT molecular complexity index is 439. The second-order valence-electron chi connectivity index (χ2n) is 4.62. The second-order valence-corrected chi connectivity index (χ2v) is 5.00. The van der Waals surface area contributed by atoms with E-state index in [1.165, 1.54) is 0 Å². The van der Waals surface area contributed by atoms with Crippen LogP contribution in [-0.4, -0.2) is 13.2 Å². The lowest BCUT2D eigenvalue weighted by atomic mass is 9.93. The average Bonchev–Trinajstić information content (AvgIpc) is 2.43. The van der Waals surface area contributed by atoms with Gasteiger partial charge in [0.15, 0.2) is 0 Å². The maximum absolute atomic E-state index is 6.44. The molecular weight excluding hydrogens is 254 g/mol. The Morgan fingerprint density at radius 2 is 1.72 bits per heavy atom. The molecule has 4 nitrogen and oxygen atoms in total. The molecule has 0 aromatic heterocycles. The molecule has 1 aromatic rings. The standard InChI is InChI=1S/C13H16ClNO3/c14-11-9-4-2-5-16-12(9)10(7-18-15)8-3-1-6-17-13(8)11/h1-7,15H2. The molecule has 2 heterocycles. The van der Waals surface area contributed by atoms with Crippen LogP contribution in [0.15, 0.2) is 0 Å². The van der Waals surface area contributed by atoms with Gasteiger partial charge in [-0.05, 0) is 25.7 Å². The fourth-order valence-electron chi connectivity index (χ4n) is 2.72. The van der Waals surface area contributed by atoms with Crippen LogP contribution in [-0.2, 0) is 24.3 Å². The molecule has 0 saturated heterocycles. The monoisotopic (exact) mass is 269 g/mol. The molecule has 2 aliphatic heterocycles. The van der Waals surface area contributed by atoms with Crippen LogP contribution in [0.25, 0.3) is 0 Å². The number of benzene rings is 1. The lowest BCUT2D eigenvalue weighted by molar-refractivity contribution is 0.119. The van der Waals surface area contributed by atoms with Gasteiger partial charge in [0.1, 0.15) is 11.5 Å². The van der Waals surface area contributed by atoms with Crippen molar-refractivity contribution in [1.29, 1.82) is 0 Å². The molecule has 1 aromatic carbocycles. The fraction of sp³-hybridized carbons (Fsp3) is 0.538. The van der Waals surface area contributed by atoms with Crippen molar-refractivity contribution < 1.29 is 14.3 Å². The van der Waals surface area contributed by atoms with E-state index in [2.05, 4.69) is 0 Å². The van der Waals surface area contributed by atoms with Gasteiger partial charge in [0.2, 0.25) is 0 Å². The van der Waals surface area contributed by atoms with Gasteiger partial charge in [-0.15, -0.1) is 0 Å². The molecule has 0 fully saturated rings. The summed E-state index contributed by atoms with van der Waals surface area (Å²) in [6, 6.07) is 0. The zero-order valence-corrected chi connectivity index (χ0v) is 10.9. The molecule has 0 unspecified atom stereocenters. The van der Waals surface area contributed by atoms with Gasteiger partial charge in [-0.3, -0.25) is 4.84 Å². The molecule has 0 saturated carbocycles. The maximum Gasteiger partial charge on any atom is 0.141 e. The van der Waals surface area contributed by atoms with Crippen molar-refractivity contribution in [2.24, 2.45) is 5.90 Å². The van der Waals surface area contributed by atoms with Gasteiger partial charge >= 0.3 is 0 Å². The summed E-state index contributed by atoms with van der Waals surface area (Å²) in [6.07, 6.45) is 3.82. The number of ether oxygens (including phenoxy) is 2. The molecule has 18 heavy (non-hydrogen) atoms. The highest BCUT2D eigenvalue weighted by atomic mass is 35.5. The largest absolute Gasteiger partial charge is 0.493 e. The van der Waals surface area contributed by atoms with E-state index < -0.39 is 0 Å². The van der Waals surface area contributed by atoms with Crippen molar-refractivity contribution in [1.82, 2.24) is 0 Å². The highest BCUT2D eigenvalue weighted by Crippen LogP contribution is 2.46. The summed E-state index contributed by atoms with van der Waals surface area (Å²) in [5, 5.41) is 0.708. The maximum atomic E-state index is 6.44. The minimum atomic E-state index is 0.338. The van der Waals surface area contributed by atoms with Gasteiger partial charge in [-0.2, -0.15) is 0 Å². The quantitative estimate of drug-likeness (QED) is 0.838. The second kappa shape index (κ2) is 4.96. The highest BCUT2D eigenvalue weighted by molar-refractivity contribution is 6.33. The third-order valence-corrected chi connectivity index (χ3v) is 3.91. The lowest BCUT2D eigenvalue weighted by Gasteiger charge is -2.28. The summed E-state index contributed by atoms with van der Waals surface area (Å²) in [7, 11) is 0. The van der Waals surface area contributed by atoms with E-state index >= 15 is 0 Å². The van der Waals surface area contributed by atoms with Gasteiger partial charge in [0.25, 0.3) is 0 Å². The number of hydrogen-bond acceptors (Lipinski definition) is 4. The molecule has 3 rings (SSSR count). The van der Waals surface area contributed by atoms with Crippen LogP contribution in [0.4, 0.5) is 0 Å². The molecular formula is C13H16ClNO3. The molecule has 2 N–H and O–H groups in total. The Morgan fingerprint density at radius 3 is 2.44 bits per heavy atom. The lowest BCUT2D eigenvalue weighted by Crippen LogP contribution is -2.18. The van der Waals surface area contributed by atoms with Crippen molar-refractivity contribution in [3.63, 3.8) is 0 Å². The third kappa shape index (κ3) is 1.85. The Labute approximate surface area is 111 Å². The molecule has 2 aliphatic rings. The van der Waals surface area contributed by atoms with E-state index in [1.807, 2.05) is 0 Å². The van der Waals surface area contributed by atoms with E-state index in [9.17, 15) is 0 Å². The zero-order valence-electron chi connectivity index (χ0n) is 10.1. The number of halogens is 1. The first-order valence-electron chi connectivity index (χ1n) is 6.26. The molecule has 0 amide bonds. The van der Waals surface area contributed by atoms with Crippen molar-refractivity contribution in [3.05, 3.63) is 21.7 Å². The van der Waals surface area contributed by atoms with Gasteiger partial charge in [-0.1, -0.05) is 11.6 Å². The minimum Gasteiger partial charge on any atom is -0.493 e. The van der Waals surface area contributed by atoms with Crippen LogP contribution in [0.1, 0.15) is 29.5 Å². The first-order valence-corrected chi connectivity index (χ1v) is 6.64. The van der Waals surface area contributed by atoms with Crippen LogP contribution in [0.5, 0.6) is 11.5 Å². The molecule has 0 bridgehead atoms. The molecule has 0 radical (unpaired) electrons. The first kappa shape index (κ1) is 12.1. The topological polar surface area (TPSA) is 53.7 Å². The van der Waals surface area contributed by atoms with E-state index in [4.69, 9.17) is 31.8 Å². The summed E-state index contributed by atoms with van der Waals surface area (Å²) in [6.45, 7) is 1.78. The predicted octanol–water partition coefficient (Wildman–Crippen LogP) is 2.38. The van der Waals surface area contributed by atoms with Gasteiger partial charge in [0.05, 0.1) is 24.8 Å². The normalized spacial score (nSPS) is 17.4. The summed E-state index contributed by atoms with van der Waals surface area (Å²) in [5.74, 6) is 6.90. The van der Waals surface area contributed by atoms with Crippen molar-refractivity contribution in [2.75, 3.05) is 13.2 Å². The van der Waals surface area contributed by atoms with Crippen molar-refractivity contribution in [2.45, 2.75) is 32.3 Å². The fourth-order valence-corrected chi connectivity index (χ4v) is 3.07. The van der Waals surface area contributed by atoms with Crippen LogP contribution >= 0.6 is 11.6 Å². The van der Waals surface area contributed by atoms with E-state index in [0.29, 0.717) is 11.6 Å². The van der Waals surface area contributed by atoms with E-state index in [1.54, 1.807) is 0 Å².